The monoisotopic (exact) mass is 348 g/mol. The van der Waals surface area contributed by atoms with Crippen LogP contribution in [-0.2, 0) is 4.79 Å². The van der Waals surface area contributed by atoms with Crippen LogP contribution in [0.4, 0.5) is 5.69 Å². The van der Waals surface area contributed by atoms with E-state index in [9.17, 15) is 14.9 Å². The van der Waals surface area contributed by atoms with Crippen LogP contribution in [0.5, 0.6) is 11.5 Å². The third-order valence-electron chi connectivity index (χ3n) is 3.84. The van der Waals surface area contributed by atoms with Crippen molar-refractivity contribution in [3.8, 4) is 11.5 Å². The Morgan fingerprint density at radius 2 is 2.04 bits per heavy atom. The molecule has 0 saturated heterocycles. The number of nitrogens with zero attached hydrogens (tertiary/aromatic N) is 3. The van der Waals surface area contributed by atoms with E-state index >= 15 is 0 Å². The Balaban J connectivity index is 2.14. The summed E-state index contributed by atoms with van der Waals surface area (Å²) in [5, 5.41) is 17.4. The third kappa shape index (κ3) is 4.06. The van der Waals surface area contributed by atoms with Crippen molar-refractivity contribution in [3.63, 3.8) is 0 Å². The molecule has 1 heterocycles. The summed E-state index contributed by atoms with van der Waals surface area (Å²) in [5.74, 6) is 0.944. The SMILES string of the molecule is COc1ccc(OC)c([C@@H](C)NC(=O)[C@H](C)n2cc([N+](=O)[O-])cn2)c1. The van der Waals surface area contributed by atoms with E-state index in [4.69, 9.17) is 9.47 Å². The first kappa shape index (κ1) is 18.2. The molecule has 0 spiro atoms. The number of benzene rings is 1. The number of amides is 1. The molecular formula is C16H20N4O5. The van der Waals surface area contributed by atoms with Crippen molar-refractivity contribution >= 4 is 11.6 Å². The van der Waals surface area contributed by atoms with E-state index in [0.717, 1.165) is 11.8 Å². The van der Waals surface area contributed by atoms with Crippen LogP contribution in [-0.4, -0.2) is 34.8 Å². The Morgan fingerprint density at radius 3 is 2.60 bits per heavy atom. The van der Waals surface area contributed by atoms with Crippen molar-refractivity contribution in [1.29, 1.82) is 0 Å². The molecule has 0 aliphatic carbocycles. The molecule has 2 aromatic rings. The molecule has 25 heavy (non-hydrogen) atoms. The van der Waals surface area contributed by atoms with Gasteiger partial charge >= 0.3 is 5.69 Å². The molecule has 1 aromatic carbocycles. The van der Waals surface area contributed by atoms with Gasteiger partial charge in [-0.25, -0.2) is 0 Å². The normalized spacial score (nSPS) is 13.0. The highest BCUT2D eigenvalue weighted by Gasteiger charge is 2.22. The molecule has 0 fully saturated rings. The second kappa shape index (κ2) is 7.65. The summed E-state index contributed by atoms with van der Waals surface area (Å²) < 4.78 is 11.8. The van der Waals surface area contributed by atoms with Crippen LogP contribution in [0.3, 0.4) is 0 Å². The quantitative estimate of drug-likeness (QED) is 0.607. The third-order valence-corrected chi connectivity index (χ3v) is 3.84. The molecule has 1 amide bonds. The number of nitro groups is 1. The molecule has 1 aromatic heterocycles. The van der Waals surface area contributed by atoms with Gasteiger partial charge in [-0.1, -0.05) is 0 Å². The largest absolute Gasteiger partial charge is 0.497 e. The summed E-state index contributed by atoms with van der Waals surface area (Å²) in [6, 6.07) is 4.26. The maximum absolute atomic E-state index is 12.4. The van der Waals surface area contributed by atoms with Crippen LogP contribution in [0.25, 0.3) is 0 Å². The van der Waals surface area contributed by atoms with Gasteiger partial charge in [0.05, 0.1) is 25.2 Å². The molecule has 9 heteroatoms. The molecule has 9 nitrogen and oxygen atoms in total. The highest BCUT2D eigenvalue weighted by Crippen LogP contribution is 2.29. The Bertz CT molecular complexity index is 774. The number of nitrogens with one attached hydrogen (secondary N) is 1. The van der Waals surface area contributed by atoms with Crippen molar-refractivity contribution in [1.82, 2.24) is 15.1 Å². The standard InChI is InChI=1S/C16H20N4O5/c1-10(14-7-13(24-3)5-6-15(14)25-4)18-16(21)11(2)19-9-12(8-17-19)20(22)23/h5-11H,1-4H3,(H,18,21)/t10-,11+/m1/s1. The molecule has 0 saturated carbocycles. The van der Waals surface area contributed by atoms with Crippen LogP contribution >= 0.6 is 0 Å². The lowest BCUT2D eigenvalue weighted by molar-refractivity contribution is -0.385. The molecule has 0 radical (unpaired) electrons. The Kier molecular flexibility index (Phi) is 5.58. The molecular weight excluding hydrogens is 328 g/mol. The zero-order valence-electron chi connectivity index (χ0n) is 14.4. The second-order valence-electron chi connectivity index (χ2n) is 5.45. The van der Waals surface area contributed by atoms with Gasteiger partial charge < -0.3 is 14.8 Å². The first-order valence-electron chi connectivity index (χ1n) is 7.58. The number of hydrogen-bond acceptors (Lipinski definition) is 6. The Morgan fingerprint density at radius 1 is 1.32 bits per heavy atom. The fourth-order valence-corrected chi connectivity index (χ4v) is 2.34. The number of ether oxygens (including phenoxy) is 2. The number of hydrogen-bond donors (Lipinski definition) is 1. The molecule has 0 aliphatic rings. The minimum atomic E-state index is -0.701. The summed E-state index contributed by atoms with van der Waals surface area (Å²) >= 11 is 0. The van der Waals surface area contributed by atoms with Gasteiger partial charge in [0.1, 0.15) is 29.9 Å². The zero-order valence-corrected chi connectivity index (χ0v) is 14.4. The van der Waals surface area contributed by atoms with Crippen molar-refractivity contribution < 1.29 is 19.2 Å². The van der Waals surface area contributed by atoms with Crippen LogP contribution in [0.1, 0.15) is 31.5 Å². The lowest BCUT2D eigenvalue weighted by atomic mass is 10.1. The molecule has 1 N–H and O–H groups in total. The van der Waals surface area contributed by atoms with Crippen LogP contribution in [0.15, 0.2) is 30.6 Å². The van der Waals surface area contributed by atoms with Crippen LogP contribution < -0.4 is 14.8 Å². The van der Waals surface area contributed by atoms with E-state index in [2.05, 4.69) is 10.4 Å². The van der Waals surface area contributed by atoms with Crippen LogP contribution in [0.2, 0.25) is 0 Å². The molecule has 2 atom stereocenters. The molecule has 134 valence electrons. The molecule has 0 unspecified atom stereocenters. The highest BCUT2D eigenvalue weighted by molar-refractivity contribution is 5.80. The lowest BCUT2D eigenvalue weighted by Gasteiger charge is -2.20. The summed E-state index contributed by atoms with van der Waals surface area (Å²) in [6.45, 7) is 3.43. The number of aromatic nitrogens is 2. The van der Waals surface area contributed by atoms with E-state index in [1.54, 1.807) is 39.3 Å². The van der Waals surface area contributed by atoms with Gasteiger partial charge in [0.2, 0.25) is 5.91 Å². The van der Waals surface area contributed by atoms with Gasteiger partial charge in [-0.15, -0.1) is 0 Å². The second-order valence-corrected chi connectivity index (χ2v) is 5.45. The summed E-state index contributed by atoms with van der Waals surface area (Å²) in [4.78, 5) is 22.6. The fourth-order valence-electron chi connectivity index (χ4n) is 2.34. The zero-order chi connectivity index (χ0) is 18.6. The minimum absolute atomic E-state index is 0.165. The average Bonchev–Trinajstić information content (AvgIpc) is 3.10. The Hall–Kier alpha value is -3.10. The predicted octanol–water partition coefficient (Wildman–Crippen LogP) is 2.25. The highest BCUT2D eigenvalue weighted by atomic mass is 16.6. The van der Waals surface area contributed by atoms with Crippen LogP contribution in [0, 0.1) is 10.1 Å². The molecule has 0 bridgehead atoms. The summed E-state index contributed by atoms with van der Waals surface area (Å²) in [6.07, 6.45) is 2.33. The van der Waals surface area contributed by atoms with Crippen molar-refractivity contribution in [3.05, 3.63) is 46.3 Å². The van der Waals surface area contributed by atoms with E-state index < -0.39 is 11.0 Å². The summed E-state index contributed by atoms with van der Waals surface area (Å²) in [7, 11) is 3.10. The van der Waals surface area contributed by atoms with Crippen molar-refractivity contribution in [2.24, 2.45) is 0 Å². The predicted molar refractivity (Wildman–Crippen MR) is 89.7 cm³/mol. The van der Waals surface area contributed by atoms with Crippen molar-refractivity contribution in [2.75, 3.05) is 14.2 Å². The van der Waals surface area contributed by atoms with E-state index in [1.807, 2.05) is 6.92 Å². The molecule has 0 aliphatic heterocycles. The smallest absolute Gasteiger partial charge is 0.307 e. The number of carbonyl (C=O) groups is 1. The van der Waals surface area contributed by atoms with Crippen molar-refractivity contribution in [2.45, 2.75) is 25.9 Å². The first-order valence-corrected chi connectivity index (χ1v) is 7.58. The number of rotatable bonds is 7. The van der Waals surface area contributed by atoms with Gasteiger partial charge in [0, 0.05) is 5.56 Å². The Labute approximate surface area is 144 Å². The topological polar surface area (TPSA) is 109 Å². The van der Waals surface area contributed by atoms with E-state index in [1.165, 1.54) is 10.9 Å². The fraction of sp³-hybridized carbons (Fsp3) is 0.375. The van der Waals surface area contributed by atoms with Gasteiger partial charge in [-0.2, -0.15) is 5.10 Å². The molecule has 2 rings (SSSR count). The maximum Gasteiger partial charge on any atom is 0.307 e. The van der Waals surface area contributed by atoms with Gasteiger partial charge in [0.15, 0.2) is 0 Å². The van der Waals surface area contributed by atoms with Gasteiger partial charge in [-0.05, 0) is 32.0 Å². The lowest BCUT2D eigenvalue weighted by Crippen LogP contribution is -2.33. The minimum Gasteiger partial charge on any atom is -0.497 e. The van der Waals surface area contributed by atoms with Gasteiger partial charge in [-0.3, -0.25) is 19.6 Å². The summed E-state index contributed by atoms with van der Waals surface area (Å²) in [5.41, 5.74) is 0.594. The van der Waals surface area contributed by atoms with Gasteiger partial charge in [0.25, 0.3) is 0 Å². The number of carbonyl (C=O) groups excluding carboxylic acids is 1. The average molecular weight is 348 g/mol. The van der Waals surface area contributed by atoms with E-state index in [-0.39, 0.29) is 17.6 Å². The maximum atomic E-state index is 12.4. The first-order chi connectivity index (χ1) is 11.9. The van der Waals surface area contributed by atoms with E-state index in [0.29, 0.717) is 11.5 Å². The number of methoxy groups -OCH3 is 2.